The van der Waals surface area contributed by atoms with Crippen molar-refractivity contribution in [1.82, 2.24) is 0 Å². The number of hydrogen-bond donors (Lipinski definition) is 0. The number of ether oxygens (including phenoxy) is 1. The highest BCUT2D eigenvalue weighted by atomic mass is 28.4. The van der Waals surface area contributed by atoms with E-state index in [1.165, 1.54) is 12.8 Å². The molecule has 0 spiro atoms. The molecule has 0 aromatic rings. The molecule has 6 heteroatoms. The van der Waals surface area contributed by atoms with E-state index in [9.17, 15) is 4.79 Å². The monoisotopic (exact) mass is 332 g/mol. The highest BCUT2D eigenvalue weighted by Gasteiger charge is 2.40. The van der Waals surface area contributed by atoms with Crippen LogP contribution in [0.25, 0.3) is 0 Å². The molecule has 0 saturated carbocycles. The van der Waals surface area contributed by atoms with E-state index < -0.39 is 14.8 Å². The van der Waals surface area contributed by atoms with Crippen molar-refractivity contribution in [2.24, 2.45) is 5.92 Å². The minimum atomic E-state index is -2.69. The van der Waals surface area contributed by atoms with Crippen LogP contribution in [0.2, 0.25) is 6.04 Å². The average Bonchev–Trinajstić information content (AvgIpc) is 2.50. The maximum Gasteiger partial charge on any atom is 0.501 e. The number of rotatable bonds is 14. The van der Waals surface area contributed by atoms with E-state index in [1.807, 2.05) is 13.8 Å². The topological polar surface area (TPSA) is 54.0 Å². The molecule has 0 saturated heterocycles. The van der Waals surface area contributed by atoms with Gasteiger partial charge in [-0.2, -0.15) is 0 Å². The zero-order valence-corrected chi connectivity index (χ0v) is 15.6. The third-order valence-electron chi connectivity index (χ3n) is 3.27. The Balaban J connectivity index is 4.48. The summed E-state index contributed by atoms with van der Waals surface area (Å²) in [5, 5.41) is 0. The fourth-order valence-electron chi connectivity index (χ4n) is 2.24. The summed E-state index contributed by atoms with van der Waals surface area (Å²) in [7, 11) is -2.69. The third kappa shape index (κ3) is 9.35. The smallest absolute Gasteiger partial charge is 0.460 e. The summed E-state index contributed by atoms with van der Waals surface area (Å²) in [6.45, 7) is 13.3. The molecule has 5 nitrogen and oxygen atoms in total. The molecule has 0 rings (SSSR count). The molecule has 0 bridgehead atoms. The predicted molar refractivity (Wildman–Crippen MR) is 89.6 cm³/mol. The van der Waals surface area contributed by atoms with E-state index in [0.717, 1.165) is 18.5 Å². The second-order valence-electron chi connectivity index (χ2n) is 5.20. The minimum absolute atomic E-state index is 0.185. The predicted octanol–water partition coefficient (Wildman–Crippen LogP) is 3.57. The summed E-state index contributed by atoms with van der Waals surface area (Å²) < 4.78 is 22.6. The van der Waals surface area contributed by atoms with E-state index in [2.05, 4.69) is 20.4 Å². The van der Waals surface area contributed by atoms with Crippen molar-refractivity contribution in [2.45, 2.75) is 53.0 Å². The Labute approximate surface area is 136 Å². The van der Waals surface area contributed by atoms with E-state index in [0.29, 0.717) is 19.1 Å². The van der Waals surface area contributed by atoms with Crippen LogP contribution in [0.1, 0.15) is 47.0 Å². The van der Waals surface area contributed by atoms with Crippen molar-refractivity contribution in [3.8, 4) is 0 Å². The zero-order valence-electron chi connectivity index (χ0n) is 14.6. The zero-order chi connectivity index (χ0) is 16.8. The van der Waals surface area contributed by atoms with Gasteiger partial charge in [0.2, 0.25) is 0 Å². The molecule has 22 heavy (non-hydrogen) atoms. The van der Waals surface area contributed by atoms with Crippen molar-refractivity contribution in [3.05, 3.63) is 12.7 Å². The van der Waals surface area contributed by atoms with Crippen molar-refractivity contribution in [1.29, 1.82) is 0 Å². The fraction of sp³-hybridized carbons (Fsp3) is 0.812. The van der Waals surface area contributed by atoms with Gasteiger partial charge in [0.25, 0.3) is 0 Å². The maximum atomic E-state index is 11.0. The third-order valence-corrected chi connectivity index (χ3v) is 6.27. The van der Waals surface area contributed by atoms with Crippen molar-refractivity contribution in [3.63, 3.8) is 0 Å². The van der Waals surface area contributed by atoms with Crippen LogP contribution in [0.4, 0.5) is 0 Å². The van der Waals surface area contributed by atoms with Crippen LogP contribution in [-0.2, 0) is 22.8 Å². The van der Waals surface area contributed by atoms with Crippen LogP contribution in [0, 0.1) is 5.92 Å². The van der Waals surface area contributed by atoms with Crippen LogP contribution < -0.4 is 0 Å². The Morgan fingerprint density at radius 1 is 1.09 bits per heavy atom. The molecule has 0 aromatic heterocycles. The average molecular weight is 333 g/mol. The molecule has 0 heterocycles. The summed E-state index contributed by atoms with van der Waals surface area (Å²) in [6.07, 6.45) is 4.53. The van der Waals surface area contributed by atoms with Crippen molar-refractivity contribution < 1.29 is 22.8 Å². The lowest BCUT2D eigenvalue weighted by atomic mass is 10.0. The van der Waals surface area contributed by atoms with Crippen LogP contribution in [0.5, 0.6) is 0 Å². The number of carbonyl (C=O) groups is 1. The van der Waals surface area contributed by atoms with Gasteiger partial charge in [-0.1, -0.05) is 33.3 Å². The summed E-state index contributed by atoms with van der Waals surface area (Å²) in [4.78, 5) is 11.0. The summed E-state index contributed by atoms with van der Waals surface area (Å²) in [6, 6.07) is 0.797. The van der Waals surface area contributed by atoms with E-state index in [-0.39, 0.29) is 13.2 Å². The van der Waals surface area contributed by atoms with Crippen molar-refractivity contribution in [2.75, 3.05) is 26.4 Å². The lowest BCUT2D eigenvalue weighted by molar-refractivity contribution is -0.138. The molecule has 0 aliphatic rings. The van der Waals surface area contributed by atoms with Gasteiger partial charge in [0, 0.05) is 25.3 Å². The summed E-state index contributed by atoms with van der Waals surface area (Å²) in [5.41, 5.74) is 0. The molecule has 0 aromatic carbocycles. The van der Waals surface area contributed by atoms with Crippen LogP contribution >= 0.6 is 0 Å². The van der Waals surface area contributed by atoms with Gasteiger partial charge in [-0.05, 0) is 26.2 Å². The van der Waals surface area contributed by atoms with Crippen molar-refractivity contribution >= 4 is 14.8 Å². The van der Waals surface area contributed by atoms with E-state index in [4.69, 9.17) is 18.0 Å². The molecule has 1 atom stereocenters. The molecule has 0 N–H and O–H groups in total. The summed E-state index contributed by atoms with van der Waals surface area (Å²) in [5.74, 6) is 0.181. The molecule has 0 amide bonds. The standard InChI is InChI=1S/C16H32O5Si/c1-6-10-15(5)11-14-22(19-8-3,20-9-4)21-13-12-18-16(17)7-2/h7,15H,2,6,8-14H2,1,3-5H3. The fourth-order valence-corrected chi connectivity index (χ4v) is 5.04. The highest BCUT2D eigenvalue weighted by Crippen LogP contribution is 2.23. The van der Waals surface area contributed by atoms with Gasteiger partial charge >= 0.3 is 14.8 Å². The number of hydrogen-bond acceptors (Lipinski definition) is 5. The first-order valence-corrected chi connectivity index (χ1v) is 10.2. The first kappa shape index (κ1) is 21.3. The van der Waals surface area contributed by atoms with Gasteiger partial charge in [0.15, 0.2) is 0 Å². The van der Waals surface area contributed by atoms with Gasteiger partial charge in [0.1, 0.15) is 6.61 Å². The lowest BCUT2D eigenvalue weighted by Crippen LogP contribution is -2.47. The van der Waals surface area contributed by atoms with E-state index >= 15 is 0 Å². The van der Waals surface area contributed by atoms with Crippen LogP contribution in [0.15, 0.2) is 12.7 Å². The highest BCUT2D eigenvalue weighted by molar-refractivity contribution is 6.60. The van der Waals surface area contributed by atoms with Gasteiger partial charge in [0.05, 0.1) is 6.61 Å². The Kier molecular flexibility index (Phi) is 12.4. The van der Waals surface area contributed by atoms with Gasteiger partial charge in [-0.15, -0.1) is 0 Å². The first-order valence-electron chi connectivity index (χ1n) is 8.24. The van der Waals surface area contributed by atoms with Crippen LogP contribution in [-0.4, -0.2) is 41.2 Å². The quantitative estimate of drug-likeness (QED) is 0.211. The number of esters is 1. The minimum Gasteiger partial charge on any atom is -0.460 e. The molecule has 0 fully saturated rings. The SMILES string of the molecule is C=CC(=O)OCCO[Si](CCC(C)CCC)(OCC)OCC. The molecular formula is C16H32O5Si. The molecule has 1 unspecified atom stereocenters. The molecular weight excluding hydrogens is 300 g/mol. The van der Waals surface area contributed by atoms with Gasteiger partial charge in [-0.3, -0.25) is 0 Å². The first-order chi connectivity index (χ1) is 10.5. The second-order valence-corrected chi connectivity index (χ2v) is 7.93. The molecule has 0 aliphatic heterocycles. The second kappa shape index (κ2) is 12.8. The van der Waals surface area contributed by atoms with E-state index in [1.54, 1.807) is 0 Å². The Morgan fingerprint density at radius 2 is 1.73 bits per heavy atom. The normalized spacial score (nSPS) is 12.9. The maximum absolute atomic E-state index is 11.0. The Hall–Kier alpha value is -0.693. The van der Waals surface area contributed by atoms with Crippen LogP contribution in [0.3, 0.4) is 0 Å². The Bertz CT molecular complexity index is 303. The lowest BCUT2D eigenvalue weighted by Gasteiger charge is -2.29. The number of carbonyl (C=O) groups excluding carboxylic acids is 1. The molecule has 130 valence electrons. The largest absolute Gasteiger partial charge is 0.501 e. The summed E-state index contributed by atoms with van der Waals surface area (Å²) >= 11 is 0. The Morgan fingerprint density at radius 3 is 2.23 bits per heavy atom. The van der Waals surface area contributed by atoms with Gasteiger partial charge < -0.3 is 18.0 Å². The van der Waals surface area contributed by atoms with Gasteiger partial charge in [-0.25, -0.2) is 4.79 Å². The molecule has 0 radical (unpaired) electrons. The molecule has 0 aliphatic carbocycles.